The van der Waals surface area contributed by atoms with Gasteiger partial charge in [0.25, 0.3) is 0 Å². The average Bonchev–Trinajstić information content (AvgIpc) is 2.22. The maximum atomic E-state index is 5.46. The summed E-state index contributed by atoms with van der Waals surface area (Å²) in [5, 5.41) is 3.30. The highest BCUT2D eigenvalue weighted by atomic mass is 16.5. The van der Waals surface area contributed by atoms with Crippen molar-refractivity contribution in [2.45, 2.75) is 40.2 Å². The minimum absolute atomic E-state index is 0.308. The Bertz CT molecular complexity index is 326. The fourth-order valence-electron chi connectivity index (χ4n) is 1.31. The molecule has 1 heterocycles. The Hall–Kier alpha value is -1.16. The molecular weight excluding hydrogens is 202 g/mol. The van der Waals surface area contributed by atoms with E-state index in [1.165, 1.54) is 0 Å². The summed E-state index contributed by atoms with van der Waals surface area (Å²) in [5.74, 6) is 1.73. The summed E-state index contributed by atoms with van der Waals surface area (Å²) in [7, 11) is 0. The van der Waals surface area contributed by atoms with Crippen LogP contribution in [0, 0.1) is 13.8 Å². The van der Waals surface area contributed by atoms with Gasteiger partial charge in [0.1, 0.15) is 11.6 Å². The van der Waals surface area contributed by atoms with Crippen LogP contribution >= 0.6 is 0 Å². The van der Waals surface area contributed by atoms with Crippen molar-refractivity contribution in [3.63, 3.8) is 0 Å². The first-order valence-corrected chi connectivity index (χ1v) is 5.75. The second-order valence-corrected chi connectivity index (χ2v) is 4.15. The molecule has 0 saturated heterocycles. The second-order valence-electron chi connectivity index (χ2n) is 4.15. The molecule has 0 radical (unpaired) electrons. The Balaban J connectivity index is 2.29. The third kappa shape index (κ3) is 4.57. The number of nitrogens with one attached hydrogen (secondary N) is 1. The van der Waals surface area contributed by atoms with Gasteiger partial charge in [-0.2, -0.15) is 0 Å². The summed E-state index contributed by atoms with van der Waals surface area (Å²) in [6, 6.07) is 0. The lowest BCUT2D eigenvalue weighted by molar-refractivity contribution is 0.0787. The van der Waals surface area contributed by atoms with Crippen molar-refractivity contribution in [2.75, 3.05) is 18.5 Å². The lowest BCUT2D eigenvalue weighted by atomic mass is 10.3. The number of hydrogen-bond acceptors (Lipinski definition) is 4. The Labute approximate surface area is 97.5 Å². The van der Waals surface area contributed by atoms with E-state index in [-0.39, 0.29) is 0 Å². The van der Waals surface area contributed by atoms with Gasteiger partial charge < -0.3 is 10.1 Å². The number of anilines is 1. The Morgan fingerprint density at radius 2 is 2.12 bits per heavy atom. The van der Waals surface area contributed by atoms with Crippen LogP contribution < -0.4 is 5.32 Å². The lowest BCUT2D eigenvalue weighted by Crippen LogP contribution is -2.11. The molecule has 90 valence electrons. The van der Waals surface area contributed by atoms with E-state index in [1.54, 1.807) is 0 Å². The van der Waals surface area contributed by atoms with E-state index in [4.69, 9.17) is 4.74 Å². The highest BCUT2D eigenvalue weighted by Gasteiger charge is 2.00. The molecule has 0 spiro atoms. The molecule has 0 bridgehead atoms. The number of aryl methyl sites for hydroxylation is 2. The molecule has 0 atom stereocenters. The first kappa shape index (κ1) is 12.9. The molecule has 4 nitrogen and oxygen atoms in total. The van der Waals surface area contributed by atoms with E-state index in [9.17, 15) is 0 Å². The van der Waals surface area contributed by atoms with Crippen molar-refractivity contribution >= 4 is 5.82 Å². The number of rotatable bonds is 6. The maximum absolute atomic E-state index is 5.46. The predicted molar refractivity (Wildman–Crippen MR) is 65.7 cm³/mol. The number of hydrogen-bond donors (Lipinski definition) is 1. The van der Waals surface area contributed by atoms with Crippen molar-refractivity contribution in [3.05, 3.63) is 17.6 Å². The summed E-state index contributed by atoms with van der Waals surface area (Å²) < 4.78 is 5.46. The quantitative estimate of drug-likeness (QED) is 0.752. The van der Waals surface area contributed by atoms with Crippen molar-refractivity contribution in [3.8, 4) is 0 Å². The molecule has 0 amide bonds. The molecule has 1 aromatic rings. The van der Waals surface area contributed by atoms with Gasteiger partial charge in [0.2, 0.25) is 0 Å². The van der Waals surface area contributed by atoms with Crippen molar-refractivity contribution in [2.24, 2.45) is 0 Å². The first-order chi connectivity index (χ1) is 7.59. The topological polar surface area (TPSA) is 47.0 Å². The molecule has 0 aliphatic rings. The van der Waals surface area contributed by atoms with Gasteiger partial charge in [-0.3, -0.25) is 0 Å². The Morgan fingerprint density at radius 1 is 1.38 bits per heavy atom. The fourth-order valence-corrected chi connectivity index (χ4v) is 1.31. The Morgan fingerprint density at radius 3 is 2.81 bits per heavy atom. The van der Waals surface area contributed by atoms with Crippen LogP contribution in [0.15, 0.2) is 6.20 Å². The zero-order valence-electron chi connectivity index (χ0n) is 10.6. The molecule has 1 aromatic heterocycles. The standard InChI is InChI=1S/C12H21N3O/c1-9(2)16-7-5-6-13-12-10(3)8-14-11(4)15-12/h8-9H,5-7H2,1-4H3,(H,13,14,15). The maximum Gasteiger partial charge on any atom is 0.132 e. The lowest BCUT2D eigenvalue weighted by Gasteiger charge is -2.10. The monoisotopic (exact) mass is 223 g/mol. The highest BCUT2D eigenvalue weighted by molar-refractivity contribution is 5.41. The van der Waals surface area contributed by atoms with Crippen LogP contribution in [0.1, 0.15) is 31.7 Å². The molecule has 0 aromatic carbocycles. The average molecular weight is 223 g/mol. The van der Waals surface area contributed by atoms with Gasteiger partial charge in [-0.25, -0.2) is 9.97 Å². The van der Waals surface area contributed by atoms with Crippen LogP contribution in [-0.4, -0.2) is 29.2 Å². The summed E-state index contributed by atoms with van der Waals surface area (Å²) in [6.07, 6.45) is 3.14. The smallest absolute Gasteiger partial charge is 0.132 e. The van der Waals surface area contributed by atoms with E-state index >= 15 is 0 Å². The zero-order valence-corrected chi connectivity index (χ0v) is 10.6. The molecule has 0 saturated carbocycles. The van der Waals surface area contributed by atoms with E-state index < -0.39 is 0 Å². The first-order valence-electron chi connectivity index (χ1n) is 5.75. The minimum atomic E-state index is 0.308. The molecule has 1 N–H and O–H groups in total. The van der Waals surface area contributed by atoms with Gasteiger partial charge in [0.15, 0.2) is 0 Å². The Kier molecular flexibility index (Phi) is 5.19. The van der Waals surface area contributed by atoms with E-state index in [2.05, 4.69) is 15.3 Å². The number of aromatic nitrogens is 2. The van der Waals surface area contributed by atoms with E-state index in [0.717, 1.165) is 36.8 Å². The highest BCUT2D eigenvalue weighted by Crippen LogP contribution is 2.09. The summed E-state index contributed by atoms with van der Waals surface area (Å²) in [4.78, 5) is 8.47. The van der Waals surface area contributed by atoms with Crippen LogP contribution in [-0.2, 0) is 4.74 Å². The SMILES string of the molecule is Cc1ncc(C)c(NCCCOC(C)C)n1. The van der Waals surface area contributed by atoms with Crippen LogP contribution in [0.4, 0.5) is 5.82 Å². The van der Waals surface area contributed by atoms with Gasteiger partial charge in [0, 0.05) is 24.9 Å². The van der Waals surface area contributed by atoms with Crippen LogP contribution in [0.2, 0.25) is 0 Å². The van der Waals surface area contributed by atoms with Crippen LogP contribution in [0.5, 0.6) is 0 Å². The third-order valence-corrected chi connectivity index (χ3v) is 2.16. The fraction of sp³-hybridized carbons (Fsp3) is 0.667. The van der Waals surface area contributed by atoms with Crippen molar-refractivity contribution in [1.82, 2.24) is 9.97 Å². The van der Waals surface area contributed by atoms with Crippen LogP contribution in [0.3, 0.4) is 0 Å². The molecule has 4 heteroatoms. The number of nitrogens with zero attached hydrogens (tertiary/aromatic N) is 2. The van der Waals surface area contributed by atoms with Gasteiger partial charge in [-0.1, -0.05) is 0 Å². The molecule has 0 aliphatic heterocycles. The van der Waals surface area contributed by atoms with Gasteiger partial charge in [-0.15, -0.1) is 0 Å². The second kappa shape index (κ2) is 6.43. The molecule has 0 aliphatic carbocycles. The van der Waals surface area contributed by atoms with Gasteiger partial charge in [-0.05, 0) is 34.1 Å². The summed E-state index contributed by atoms with van der Waals surface area (Å²) in [6.45, 7) is 9.66. The van der Waals surface area contributed by atoms with Gasteiger partial charge >= 0.3 is 0 Å². The minimum Gasteiger partial charge on any atom is -0.379 e. The molecule has 1 rings (SSSR count). The van der Waals surface area contributed by atoms with Gasteiger partial charge in [0.05, 0.1) is 6.10 Å². The third-order valence-electron chi connectivity index (χ3n) is 2.16. The van der Waals surface area contributed by atoms with E-state index in [0.29, 0.717) is 6.10 Å². The summed E-state index contributed by atoms with van der Waals surface area (Å²) in [5.41, 5.74) is 1.08. The molecule has 0 fully saturated rings. The van der Waals surface area contributed by atoms with Crippen LogP contribution in [0.25, 0.3) is 0 Å². The predicted octanol–water partition coefficient (Wildman–Crippen LogP) is 2.32. The summed E-state index contributed by atoms with van der Waals surface area (Å²) >= 11 is 0. The largest absolute Gasteiger partial charge is 0.379 e. The molecule has 0 unspecified atom stereocenters. The normalized spacial score (nSPS) is 10.8. The van der Waals surface area contributed by atoms with Crippen molar-refractivity contribution < 1.29 is 4.74 Å². The molecule has 16 heavy (non-hydrogen) atoms. The molecular formula is C12H21N3O. The zero-order chi connectivity index (χ0) is 12.0. The van der Waals surface area contributed by atoms with Crippen molar-refractivity contribution in [1.29, 1.82) is 0 Å². The van der Waals surface area contributed by atoms with E-state index in [1.807, 2.05) is 33.9 Å². The number of ether oxygens (including phenoxy) is 1.